The highest BCUT2D eigenvalue weighted by Gasteiger charge is 2.22. The van der Waals surface area contributed by atoms with Crippen LogP contribution in [0.15, 0.2) is 0 Å². The minimum Gasteiger partial charge on any atom is -0.464 e. The Morgan fingerprint density at radius 3 is 2.86 bits per heavy atom. The molecule has 0 radical (unpaired) electrons. The predicted molar refractivity (Wildman–Crippen MR) is 82.0 cm³/mol. The number of rotatable bonds is 7. The summed E-state index contributed by atoms with van der Waals surface area (Å²) >= 11 is 0. The highest BCUT2D eigenvalue weighted by molar-refractivity contribution is 5.39. The third kappa shape index (κ3) is 4.42. The van der Waals surface area contributed by atoms with Gasteiger partial charge in [0.05, 0.1) is 12.7 Å². The van der Waals surface area contributed by atoms with Crippen LogP contribution in [0.5, 0.6) is 6.01 Å². The maximum atomic E-state index is 5.46. The Hall–Kier alpha value is -1.63. The number of nitrogens with zero attached hydrogens (tertiary/aromatic N) is 4. The first kappa shape index (κ1) is 15.8. The van der Waals surface area contributed by atoms with E-state index in [4.69, 9.17) is 9.47 Å². The van der Waals surface area contributed by atoms with Crippen LogP contribution >= 0.6 is 0 Å². The first-order valence-corrected chi connectivity index (χ1v) is 7.67. The van der Waals surface area contributed by atoms with Crippen LogP contribution in [0.25, 0.3) is 0 Å². The molecule has 0 aromatic carbocycles. The zero-order valence-corrected chi connectivity index (χ0v) is 13.1. The fourth-order valence-corrected chi connectivity index (χ4v) is 2.31. The molecule has 1 fully saturated rings. The summed E-state index contributed by atoms with van der Waals surface area (Å²) in [4.78, 5) is 15.3. The van der Waals surface area contributed by atoms with Crippen molar-refractivity contribution in [2.24, 2.45) is 0 Å². The van der Waals surface area contributed by atoms with E-state index in [0.717, 1.165) is 38.9 Å². The summed E-state index contributed by atoms with van der Waals surface area (Å²) < 4.78 is 10.9. The third-order valence-corrected chi connectivity index (χ3v) is 3.40. The molecule has 0 saturated carbocycles. The topological polar surface area (TPSA) is 72.4 Å². The zero-order valence-electron chi connectivity index (χ0n) is 13.1. The Balaban J connectivity index is 2.17. The smallest absolute Gasteiger partial charge is 0.323 e. The van der Waals surface area contributed by atoms with Gasteiger partial charge in [-0.15, -0.1) is 0 Å². The molecule has 1 N–H and O–H groups in total. The summed E-state index contributed by atoms with van der Waals surface area (Å²) in [7, 11) is 1.75. The van der Waals surface area contributed by atoms with E-state index < -0.39 is 0 Å². The second-order valence-corrected chi connectivity index (χ2v) is 5.05. The lowest BCUT2D eigenvalue weighted by Crippen LogP contribution is -2.40. The molecule has 0 amide bonds. The largest absolute Gasteiger partial charge is 0.464 e. The Morgan fingerprint density at radius 2 is 2.14 bits per heavy atom. The standard InChI is InChI=1S/C14H25N5O2/c1-4-8-15-12-16-13(18-14(17-12)21-5-2)19-9-6-7-11(10-19)20-3/h11H,4-10H2,1-3H3,(H,15,16,17,18). The molecule has 118 valence electrons. The highest BCUT2D eigenvalue weighted by atomic mass is 16.5. The van der Waals surface area contributed by atoms with E-state index in [-0.39, 0.29) is 6.10 Å². The fraction of sp³-hybridized carbons (Fsp3) is 0.786. The molecule has 0 spiro atoms. The Labute approximate surface area is 126 Å². The number of hydrogen-bond acceptors (Lipinski definition) is 7. The lowest BCUT2D eigenvalue weighted by Gasteiger charge is -2.31. The molecule has 2 rings (SSSR count). The van der Waals surface area contributed by atoms with Crippen LogP contribution in [0.1, 0.15) is 33.1 Å². The maximum absolute atomic E-state index is 5.46. The van der Waals surface area contributed by atoms with Crippen molar-refractivity contribution in [3.05, 3.63) is 0 Å². The van der Waals surface area contributed by atoms with Gasteiger partial charge in [-0.25, -0.2) is 0 Å². The second-order valence-electron chi connectivity index (χ2n) is 5.05. The second kappa shape index (κ2) is 7.97. The highest BCUT2D eigenvalue weighted by Crippen LogP contribution is 2.20. The lowest BCUT2D eigenvalue weighted by molar-refractivity contribution is 0.0888. The van der Waals surface area contributed by atoms with Gasteiger partial charge in [-0.3, -0.25) is 0 Å². The van der Waals surface area contributed by atoms with E-state index in [1.807, 2.05) is 6.92 Å². The molecule has 2 heterocycles. The number of aromatic nitrogens is 3. The van der Waals surface area contributed by atoms with Crippen molar-refractivity contribution in [3.8, 4) is 6.01 Å². The first-order valence-electron chi connectivity index (χ1n) is 7.67. The monoisotopic (exact) mass is 295 g/mol. The van der Waals surface area contributed by atoms with Gasteiger partial charge in [0.25, 0.3) is 0 Å². The van der Waals surface area contributed by atoms with Crippen molar-refractivity contribution < 1.29 is 9.47 Å². The van der Waals surface area contributed by atoms with Gasteiger partial charge in [-0.2, -0.15) is 15.0 Å². The normalized spacial score (nSPS) is 18.6. The quantitative estimate of drug-likeness (QED) is 0.821. The summed E-state index contributed by atoms with van der Waals surface area (Å²) in [6, 6.07) is 0.376. The number of piperidine rings is 1. The van der Waals surface area contributed by atoms with E-state index in [1.165, 1.54) is 0 Å². The number of nitrogens with one attached hydrogen (secondary N) is 1. The van der Waals surface area contributed by atoms with Gasteiger partial charge < -0.3 is 19.7 Å². The van der Waals surface area contributed by atoms with Crippen LogP contribution in [0.4, 0.5) is 11.9 Å². The first-order chi connectivity index (χ1) is 10.3. The molecule has 1 saturated heterocycles. The Morgan fingerprint density at radius 1 is 1.29 bits per heavy atom. The molecule has 7 nitrogen and oxygen atoms in total. The van der Waals surface area contributed by atoms with Gasteiger partial charge in [0, 0.05) is 26.7 Å². The van der Waals surface area contributed by atoms with E-state index >= 15 is 0 Å². The van der Waals surface area contributed by atoms with Gasteiger partial charge in [-0.1, -0.05) is 6.92 Å². The van der Waals surface area contributed by atoms with Gasteiger partial charge >= 0.3 is 6.01 Å². The number of methoxy groups -OCH3 is 1. The molecule has 0 aliphatic carbocycles. The molecule has 1 aliphatic heterocycles. The van der Waals surface area contributed by atoms with Gasteiger partial charge in [0.2, 0.25) is 11.9 Å². The number of anilines is 2. The van der Waals surface area contributed by atoms with Crippen molar-refractivity contribution in [1.82, 2.24) is 15.0 Å². The minimum absolute atomic E-state index is 0.234. The minimum atomic E-state index is 0.234. The molecular formula is C14H25N5O2. The molecule has 1 aliphatic rings. The Kier molecular flexibility index (Phi) is 5.98. The summed E-state index contributed by atoms with van der Waals surface area (Å²) in [5.74, 6) is 1.23. The summed E-state index contributed by atoms with van der Waals surface area (Å²) in [6.07, 6.45) is 3.40. The molecule has 7 heteroatoms. The summed E-state index contributed by atoms with van der Waals surface area (Å²) in [6.45, 7) is 7.13. The van der Waals surface area contributed by atoms with Crippen molar-refractivity contribution in [2.75, 3.05) is 43.6 Å². The van der Waals surface area contributed by atoms with Crippen LogP contribution in [0.3, 0.4) is 0 Å². The number of hydrogen-bond donors (Lipinski definition) is 1. The molecular weight excluding hydrogens is 270 g/mol. The fourth-order valence-electron chi connectivity index (χ4n) is 2.31. The predicted octanol–water partition coefficient (Wildman–Crippen LogP) is 1.71. The van der Waals surface area contributed by atoms with E-state index in [0.29, 0.717) is 24.5 Å². The summed E-state index contributed by atoms with van der Waals surface area (Å²) in [5, 5.41) is 3.20. The van der Waals surface area contributed by atoms with Gasteiger partial charge in [-0.05, 0) is 26.2 Å². The van der Waals surface area contributed by atoms with Crippen molar-refractivity contribution in [3.63, 3.8) is 0 Å². The van der Waals surface area contributed by atoms with Crippen molar-refractivity contribution >= 4 is 11.9 Å². The van der Waals surface area contributed by atoms with Crippen LogP contribution in [-0.4, -0.2) is 54.4 Å². The van der Waals surface area contributed by atoms with Crippen LogP contribution < -0.4 is 15.0 Å². The SMILES string of the molecule is CCCNc1nc(OCC)nc(N2CCCC(OC)C2)n1. The van der Waals surface area contributed by atoms with Crippen molar-refractivity contribution in [2.45, 2.75) is 39.2 Å². The lowest BCUT2D eigenvalue weighted by atomic mass is 10.1. The zero-order chi connectivity index (χ0) is 15.1. The van der Waals surface area contributed by atoms with E-state index in [1.54, 1.807) is 7.11 Å². The molecule has 1 unspecified atom stereocenters. The van der Waals surface area contributed by atoms with Gasteiger partial charge in [0.1, 0.15) is 0 Å². The van der Waals surface area contributed by atoms with Crippen LogP contribution in [-0.2, 0) is 4.74 Å². The summed E-state index contributed by atoms with van der Waals surface area (Å²) in [5.41, 5.74) is 0. The third-order valence-electron chi connectivity index (χ3n) is 3.40. The molecule has 21 heavy (non-hydrogen) atoms. The molecule has 1 aromatic rings. The molecule has 0 bridgehead atoms. The average molecular weight is 295 g/mol. The van der Waals surface area contributed by atoms with Crippen LogP contribution in [0.2, 0.25) is 0 Å². The molecule has 1 aromatic heterocycles. The van der Waals surface area contributed by atoms with E-state index in [2.05, 4.69) is 32.1 Å². The van der Waals surface area contributed by atoms with Crippen LogP contribution in [0, 0.1) is 0 Å². The maximum Gasteiger partial charge on any atom is 0.323 e. The number of ether oxygens (including phenoxy) is 2. The van der Waals surface area contributed by atoms with E-state index in [9.17, 15) is 0 Å². The van der Waals surface area contributed by atoms with Gasteiger partial charge in [0.15, 0.2) is 0 Å². The Bertz CT molecular complexity index is 443. The molecule has 1 atom stereocenters. The van der Waals surface area contributed by atoms with Crippen molar-refractivity contribution in [1.29, 1.82) is 0 Å². The average Bonchev–Trinajstić information content (AvgIpc) is 2.53.